The van der Waals surface area contributed by atoms with Crippen LogP contribution in [0.5, 0.6) is 11.5 Å². The fourth-order valence-corrected chi connectivity index (χ4v) is 7.54. The van der Waals surface area contributed by atoms with Crippen molar-refractivity contribution in [3.05, 3.63) is 59.7 Å². The van der Waals surface area contributed by atoms with Crippen LogP contribution in [-0.2, 0) is 31.7 Å². The number of rotatable bonds is 13. The molecule has 0 aromatic heterocycles. The van der Waals surface area contributed by atoms with Crippen LogP contribution in [0.2, 0.25) is 0 Å². The summed E-state index contributed by atoms with van der Waals surface area (Å²) in [4.78, 5) is 27.0. The van der Waals surface area contributed by atoms with E-state index in [1.165, 1.54) is 11.3 Å². The molecule has 4 fully saturated rings. The third kappa shape index (κ3) is 6.85. The molecule has 2 bridgehead atoms. The molecule has 1 aliphatic heterocycles. The summed E-state index contributed by atoms with van der Waals surface area (Å²) in [7, 11) is 4.33. The highest BCUT2D eigenvalue weighted by Gasteiger charge is 2.68. The van der Waals surface area contributed by atoms with Gasteiger partial charge < -0.3 is 29.0 Å². The Morgan fingerprint density at radius 3 is 2.53 bits per heavy atom. The fourth-order valence-electron chi connectivity index (χ4n) is 7.54. The lowest BCUT2D eigenvalue weighted by Crippen LogP contribution is -2.65. The Kier molecular flexibility index (Phi) is 9.81. The molecule has 2 amide bonds. The lowest BCUT2D eigenvalue weighted by atomic mass is 9.43. The standard InChI is InChI=1S/C35H46BN3O6/c1-34(2)26-20-29(34)35(3)30(21-26)44-36(45-35)31(19-23-10-8-7-9-11-23)38-32(40)16-17-43-28-18-24(13-15-27(28)42-6)12-14-25(22-37)33(41)39(4)5/h7-11,13,15,18,25-26,29-31H,12,14,16-17,19-21H2,1-6H3,(H,38,40)/t25?,26-,29-,30+,31-,35-/m0/s1. The Bertz CT molecular complexity index is 1410. The molecule has 1 heterocycles. The second-order valence-electron chi connectivity index (χ2n) is 13.7. The molecule has 9 nitrogen and oxygen atoms in total. The van der Waals surface area contributed by atoms with Gasteiger partial charge in [0.1, 0.15) is 5.92 Å². The van der Waals surface area contributed by atoms with Crippen molar-refractivity contribution < 1.29 is 28.4 Å². The minimum absolute atomic E-state index is 0.0296. The van der Waals surface area contributed by atoms with E-state index >= 15 is 0 Å². The normalized spacial score (nSPS) is 25.6. The molecule has 1 N–H and O–H groups in total. The van der Waals surface area contributed by atoms with Crippen LogP contribution < -0.4 is 14.8 Å². The Morgan fingerprint density at radius 1 is 1.11 bits per heavy atom. The van der Waals surface area contributed by atoms with Crippen LogP contribution in [0.15, 0.2) is 48.5 Å². The van der Waals surface area contributed by atoms with Crippen LogP contribution in [0.3, 0.4) is 0 Å². The number of methoxy groups -OCH3 is 1. The molecule has 2 aromatic rings. The van der Waals surface area contributed by atoms with Gasteiger partial charge in [0.25, 0.3) is 0 Å². The number of nitrogens with one attached hydrogen (secondary N) is 1. The average molecular weight is 616 g/mol. The van der Waals surface area contributed by atoms with Gasteiger partial charge in [-0.25, -0.2) is 0 Å². The molecular formula is C35H46BN3O6. The topological polar surface area (TPSA) is 110 Å². The summed E-state index contributed by atoms with van der Waals surface area (Å²) >= 11 is 0. The molecule has 4 aliphatic rings. The summed E-state index contributed by atoms with van der Waals surface area (Å²) in [6.07, 6.45) is 3.84. The number of carbonyl (C=O) groups excluding carboxylic acids is 2. The minimum atomic E-state index is -0.712. The summed E-state index contributed by atoms with van der Waals surface area (Å²) in [6, 6.07) is 17.7. The zero-order valence-corrected chi connectivity index (χ0v) is 27.4. The first-order chi connectivity index (χ1) is 21.5. The smallest absolute Gasteiger partial charge is 0.482 e. The van der Waals surface area contributed by atoms with Crippen LogP contribution in [0, 0.1) is 34.5 Å². The third-order valence-electron chi connectivity index (χ3n) is 10.4. The lowest BCUT2D eigenvalue weighted by molar-refractivity contribution is -0.199. The second kappa shape index (κ2) is 13.4. The fraction of sp³-hybridized carbons (Fsp3) is 0.571. The molecule has 0 radical (unpaired) electrons. The maximum atomic E-state index is 13.3. The maximum Gasteiger partial charge on any atom is 0.482 e. The highest BCUT2D eigenvalue weighted by Crippen LogP contribution is 2.65. The van der Waals surface area contributed by atoms with Crippen LogP contribution in [0.25, 0.3) is 0 Å². The van der Waals surface area contributed by atoms with Gasteiger partial charge in [0.05, 0.1) is 43.9 Å². The summed E-state index contributed by atoms with van der Waals surface area (Å²) in [5, 5.41) is 12.6. The molecule has 10 heteroatoms. The maximum absolute atomic E-state index is 13.3. The van der Waals surface area contributed by atoms with E-state index in [2.05, 4.69) is 44.3 Å². The number of amides is 2. The summed E-state index contributed by atoms with van der Waals surface area (Å²) < 4.78 is 24.8. The van der Waals surface area contributed by atoms with E-state index in [1.807, 2.05) is 30.3 Å². The predicted molar refractivity (Wildman–Crippen MR) is 171 cm³/mol. The first-order valence-corrected chi connectivity index (χ1v) is 16.0. The lowest BCUT2D eigenvalue weighted by Gasteiger charge is -2.64. The van der Waals surface area contributed by atoms with E-state index in [0.29, 0.717) is 42.6 Å². The largest absolute Gasteiger partial charge is 0.493 e. The van der Waals surface area contributed by atoms with Crippen LogP contribution >= 0.6 is 0 Å². The molecule has 3 saturated carbocycles. The van der Waals surface area contributed by atoms with Crippen molar-refractivity contribution in [2.24, 2.45) is 23.2 Å². The number of aryl methyl sites for hydroxylation is 1. The van der Waals surface area contributed by atoms with Crippen LogP contribution in [-0.4, -0.2) is 69.3 Å². The average Bonchev–Trinajstić information content (AvgIpc) is 3.38. The molecule has 1 unspecified atom stereocenters. The van der Waals surface area contributed by atoms with Crippen molar-refractivity contribution in [3.63, 3.8) is 0 Å². The van der Waals surface area contributed by atoms with Gasteiger partial charge in [-0.15, -0.1) is 0 Å². The third-order valence-corrected chi connectivity index (χ3v) is 10.4. The van der Waals surface area contributed by atoms with Gasteiger partial charge in [-0.1, -0.05) is 50.2 Å². The number of carbonyl (C=O) groups is 2. The molecule has 240 valence electrons. The molecule has 6 atom stereocenters. The van der Waals surface area contributed by atoms with Crippen molar-refractivity contribution in [2.75, 3.05) is 27.8 Å². The van der Waals surface area contributed by atoms with Crippen molar-refractivity contribution in [2.45, 2.75) is 76.9 Å². The first-order valence-electron chi connectivity index (χ1n) is 16.0. The molecule has 45 heavy (non-hydrogen) atoms. The van der Waals surface area contributed by atoms with Gasteiger partial charge in [0, 0.05) is 14.1 Å². The highest BCUT2D eigenvalue weighted by molar-refractivity contribution is 6.48. The minimum Gasteiger partial charge on any atom is -0.493 e. The zero-order chi connectivity index (χ0) is 32.4. The molecule has 1 saturated heterocycles. The van der Waals surface area contributed by atoms with Crippen molar-refractivity contribution in [1.82, 2.24) is 10.2 Å². The summed E-state index contributed by atoms with van der Waals surface area (Å²) in [6.45, 7) is 7.02. The van der Waals surface area contributed by atoms with Gasteiger partial charge in [0.2, 0.25) is 11.8 Å². The molecule has 3 aliphatic carbocycles. The molecule has 2 aromatic carbocycles. The number of nitriles is 1. The van der Waals surface area contributed by atoms with E-state index in [9.17, 15) is 14.9 Å². The molecule has 6 rings (SSSR count). The SMILES string of the molecule is COc1ccc(CCC(C#N)C(=O)N(C)C)cc1OCCC(=O)N[C@@H](Cc1ccccc1)B1O[C@@H]2C[C@@H]3C[C@@H](C3(C)C)[C@]2(C)O1. The monoisotopic (exact) mass is 615 g/mol. The van der Waals surface area contributed by atoms with E-state index in [4.69, 9.17) is 18.8 Å². The zero-order valence-electron chi connectivity index (χ0n) is 27.4. The Labute approximate surface area is 267 Å². The van der Waals surface area contributed by atoms with Crippen molar-refractivity contribution in [3.8, 4) is 17.6 Å². The van der Waals surface area contributed by atoms with Gasteiger partial charge in [-0.3, -0.25) is 9.59 Å². The number of hydrogen-bond donors (Lipinski definition) is 1. The summed E-state index contributed by atoms with van der Waals surface area (Å²) in [5.41, 5.74) is 1.89. The van der Waals surface area contributed by atoms with E-state index in [-0.39, 0.29) is 47.9 Å². The second-order valence-corrected chi connectivity index (χ2v) is 13.7. The Hall–Kier alpha value is -3.55. The number of benzene rings is 2. The van der Waals surface area contributed by atoms with E-state index in [0.717, 1.165) is 17.5 Å². The highest BCUT2D eigenvalue weighted by atomic mass is 16.7. The Balaban J connectivity index is 1.20. The van der Waals surface area contributed by atoms with Crippen LogP contribution in [0.4, 0.5) is 0 Å². The number of nitrogens with zero attached hydrogens (tertiary/aromatic N) is 2. The van der Waals surface area contributed by atoms with Gasteiger partial charge in [-0.2, -0.15) is 5.26 Å². The Morgan fingerprint density at radius 2 is 1.87 bits per heavy atom. The van der Waals surface area contributed by atoms with E-state index < -0.39 is 13.0 Å². The van der Waals surface area contributed by atoms with Gasteiger partial charge in [0.15, 0.2) is 11.5 Å². The van der Waals surface area contributed by atoms with E-state index in [1.54, 1.807) is 27.3 Å². The quantitative estimate of drug-likeness (QED) is 0.328. The molecule has 0 spiro atoms. The van der Waals surface area contributed by atoms with Crippen molar-refractivity contribution in [1.29, 1.82) is 5.26 Å². The van der Waals surface area contributed by atoms with Crippen LogP contribution in [0.1, 0.15) is 57.6 Å². The van der Waals surface area contributed by atoms with Crippen molar-refractivity contribution >= 4 is 18.9 Å². The van der Waals surface area contributed by atoms with Gasteiger partial charge >= 0.3 is 7.12 Å². The van der Waals surface area contributed by atoms with Gasteiger partial charge in [-0.05, 0) is 79.5 Å². The summed E-state index contributed by atoms with van der Waals surface area (Å²) in [5.74, 6) is 0.720. The number of ether oxygens (including phenoxy) is 2. The molecular weight excluding hydrogens is 569 g/mol. The first kappa shape index (κ1) is 32.8. The number of hydrogen-bond acceptors (Lipinski definition) is 7. The predicted octanol–water partition coefficient (Wildman–Crippen LogP) is 4.62.